The van der Waals surface area contributed by atoms with Crippen LogP contribution < -0.4 is 16.0 Å². The van der Waals surface area contributed by atoms with Gasteiger partial charge in [0.15, 0.2) is 0 Å². The normalized spacial score (nSPS) is 18.9. The Morgan fingerprint density at radius 3 is 2.91 bits per heavy atom. The van der Waals surface area contributed by atoms with Gasteiger partial charge in [-0.3, -0.25) is 9.48 Å². The predicted molar refractivity (Wildman–Crippen MR) is 90.9 cm³/mol. The van der Waals surface area contributed by atoms with E-state index in [1.807, 2.05) is 19.4 Å². The van der Waals surface area contributed by atoms with Crippen molar-refractivity contribution in [3.8, 4) is 0 Å². The van der Waals surface area contributed by atoms with E-state index in [0.29, 0.717) is 0 Å². The number of nitrogens with zero attached hydrogens (tertiary/aromatic N) is 3. The maximum atomic E-state index is 11.9. The molecule has 0 aliphatic carbocycles. The van der Waals surface area contributed by atoms with E-state index in [2.05, 4.69) is 15.3 Å². The first-order valence-corrected chi connectivity index (χ1v) is 6.88. The van der Waals surface area contributed by atoms with Gasteiger partial charge in [-0.1, -0.05) is 0 Å². The van der Waals surface area contributed by atoms with Crippen molar-refractivity contribution < 1.29 is 9.53 Å². The summed E-state index contributed by atoms with van der Waals surface area (Å²) in [5, 5.41) is 7.18. The Labute approximate surface area is 143 Å². The van der Waals surface area contributed by atoms with Crippen LogP contribution in [0.1, 0.15) is 12.8 Å². The van der Waals surface area contributed by atoms with Crippen LogP contribution in [0.2, 0.25) is 0 Å². The van der Waals surface area contributed by atoms with E-state index in [9.17, 15) is 4.79 Å². The lowest BCUT2D eigenvalue weighted by Crippen LogP contribution is -2.53. The highest BCUT2D eigenvalue weighted by Gasteiger charge is 2.24. The maximum Gasteiger partial charge on any atom is 0.239 e. The molecule has 2 atom stereocenters. The second-order valence-electron chi connectivity index (χ2n) is 5.23. The second kappa shape index (κ2) is 9.89. The summed E-state index contributed by atoms with van der Waals surface area (Å²) in [6.07, 6.45) is 5.85. The van der Waals surface area contributed by atoms with Gasteiger partial charge < -0.3 is 20.7 Å². The molecule has 7 nitrogen and oxygen atoms in total. The first-order valence-electron chi connectivity index (χ1n) is 6.88. The molecule has 2 heterocycles. The fourth-order valence-corrected chi connectivity index (χ4v) is 2.46. The summed E-state index contributed by atoms with van der Waals surface area (Å²) in [6.45, 7) is 2.02. The van der Waals surface area contributed by atoms with Crippen molar-refractivity contribution in [2.45, 2.75) is 24.9 Å². The molecule has 2 rings (SSSR count). The van der Waals surface area contributed by atoms with Gasteiger partial charge in [0.05, 0.1) is 18.5 Å². The van der Waals surface area contributed by atoms with Gasteiger partial charge in [-0.2, -0.15) is 5.10 Å². The Kier molecular flexibility index (Phi) is 9.43. The quantitative estimate of drug-likeness (QED) is 0.796. The van der Waals surface area contributed by atoms with Crippen LogP contribution in [0.3, 0.4) is 0 Å². The number of carbonyl (C=O) groups excluding carboxylic acids is 1. The molecule has 128 valence electrons. The van der Waals surface area contributed by atoms with Gasteiger partial charge in [0.25, 0.3) is 0 Å². The highest BCUT2D eigenvalue weighted by molar-refractivity contribution is 5.85. The predicted octanol–water partition coefficient (Wildman–Crippen LogP) is 0.322. The number of halogens is 2. The molecule has 0 bridgehead atoms. The Balaban J connectivity index is 0.00000220. The number of methoxy groups -OCH3 is 1. The molecule has 9 heteroatoms. The monoisotopic (exact) mass is 353 g/mol. The van der Waals surface area contributed by atoms with Crippen molar-refractivity contribution in [3.05, 3.63) is 12.4 Å². The van der Waals surface area contributed by atoms with Crippen molar-refractivity contribution in [1.29, 1.82) is 0 Å². The number of aryl methyl sites for hydroxylation is 1. The van der Waals surface area contributed by atoms with Gasteiger partial charge in [-0.25, -0.2) is 0 Å². The van der Waals surface area contributed by atoms with Gasteiger partial charge in [0.1, 0.15) is 6.04 Å². The van der Waals surface area contributed by atoms with E-state index in [-0.39, 0.29) is 43.4 Å². The van der Waals surface area contributed by atoms with Crippen LogP contribution in [0, 0.1) is 0 Å². The van der Waals surface area contributed by atoms with Gasteiger partial charge >= 0.3 is 0 Å². The number of nitrogens with two attached hydrogens (primary N) is 1. The fourth-order valence-electron chi connectivity index (χ4n) is 2.46. The average molecular weight is 354 g/mol. The van der Waals surface area contributed by atoms with Crippen molar-refractivity contribution in [3.63, 3.8) is 0 Å². The smallest absolute Gasteiger partial charge is 0.239 e. The van der Waals surface area contributed by atoms with Crippen LogP contribution in [0.25, 0.3) is 0 Å². The van der Waals surface area contributed by atoms with E-state index in [0.717, 1.165) is 31.6 Å². The van der Waals surface area contributed by atoms with Crippen LogP contribution in [0.5, 0.6) is 0 Å². The molecule has 1 aliphatic rings. The van der Waals surface area contributed by atoms with Gasteiger partial charge in [-0.05, 0) is 12.8 Å². The molecule has 0 aromatic carbocycles. The van der Waals surface area contributed by atoms with Crippen molar-refractivity contribution >= 4 is 36.4 Å². The molecule has 1 fully saturated rings. The highest BCUT2D eigenvalue weighted by atomic mass is 35.5. The van der Waals surface area contributed by atoms with Crippen LogP contribution >= 0.6 is 24.8 Å². The third-order valence-corrected chi connectivity index (χ3v) is 3.51. The van der Waals surface area contributed by atoms with E-state index in [4.69, 9.17) is 10.5 Å². The molecule has 0 saturated carbocycles. The third kappa shape index (κ3) is 5.64. The number of ether oxygens (including phenoxy) is 1. The number of piperidine rings is 1. The molecule has 1 aliphatic heterocycles. The molecule has 2 unspecified atom stereocenters. The van der Waals surface area contributed by atoms with Crippen LogP contribution in [-0.4, -0.2) is 54.6 Å². The first-order chi connectivity index (χ1) is 9.60. The summed E-state index contributed by atoms with van der Waals surface area (Å²) in [7, 11) is 3.44. The topological polar surface area (TPSA) is 85.4 Å². The SMILES string of the molecule is COCC(N)C(=O)NC1CCCN(c2cnn(C)c2)C1.Cl.Cl. The zero-order valence-corrected chi connectivity index (χ0v) is 14.5. The summed E-state index contributed by atoms with van der Waals surface area (Å²) in [5.41, 5.74) is 6.82. The minimum atomic E-state index is -0.603. The summed E-state index contributed by atoms with van der Waals surface area (Å²) in [4.78, 5) is 14.1. The van der Waals surface area contributed by atoms with E-state index in [1.54, 1.807) is 4.68 Å². The molecule has 3 N–H and O–H groups in total. The van der Waals surface area contributed by atoms with Crippen molar-refractivity contribution in [2.24, 2.45) is 12.8 Å². The first kappa shape index (κ1) is 21.0. The molecule has 0 spiro atoms. The van der Waals surface area contributed by atoms with Gasteiger partial charge in [0.2, 0.25) is 5.91 Å². The van der Waals surface area contributed by atoms with Gasteiger partial charge in [-0.15, -0.1) is 24.8 Å². The average Bonchev–Trinajstić information content (AvgIpc) is 2.86. The molecule has 22 heavy (non-hydrogen) atoms. The minimum Gasteiger partial charge on any atom is -0.383 e. The summed E-state index contributed by atoms with van der Waals surface area (Å²) >= 11 is 0. The summed E-state index contributed by atoms with van der Waals surface area (Å²) in [6, 6.07) is -0.479. The van der Waals surface area contributed by atoms with Crippen LogP contribution in [-0.2, 0) is 16.6 Å². The van der Waals surface area contributed by atoms with Gasteiger partial charge in [0, 0.05) is 39.5 Å². The Bertz CT molecular complexity index is 457. The summed E-state index contributed by atoms with van der Waals surface area (Å²) < 4.78 is 6.68. The lowest BCUT2D eigenvalue weighted by molar-refractivity contribution is -0.124. The minimum absolute atomic E-state index is 0. The number of hydrogen-bond donors (Lipinski definition) is 2. The third-order valence-electron chi connectivity index (χ3n) is 3.51. The standard InChI is InChI=1S/C13H23N5O2.2ClH/c1-17-8-11(6-15-17)18-5-3-4-10(7-18)16-13(19)12(14)9-20-2;;/h6,8,10,12H,3-5,7,9,14H2,1-2H3,(H,16,19);2*1H. The highest BCUT2D eigenvalue weighted by Crippen LogP contribution is 2.18. The Morgan fingerprint density at radius 2 is 2.32 bits per heavy atom. The van der Waals surface area contributed by atoms with E-state index >= 15 is 0 Å². The Hall–Kier alpha value is -1.02. The molecule has 1 amide bonds. The molecular weight excluding hydrogens is 329 g/mol. The zero-order valence-electron chi connectivity index (χ0n) is 12.9. The lowest BCUT2D eigenvalue weighted by atomic mass is 10.0. The molecular formula is C13H25Cl2N5O2. The summed E-state index contributed by atoms with van der Waals surface area (Å²) in [5.74, 6) is -0.148. The number of aromatic nitrogens is 2. The maximum absolute atomic E-state index is 11.9. The van der Waals surface area contributed by atoms with Crippen molar-refractivity contribution in [1.82, 2.24) is 15.1 Å². The van der Waals surface area contributed by atoms with Crippen LogP contribution in [0.4, 0.5) is 5.69 Å². The molecule has 0 radical (unpaired) electrons. The zero-order chi connectivity index (χ0) is 14.5. The molecule has 1 aromatic heterocycles. The van der Waals surface area contributed by atoms with E-state index in [1.165, 1.54) is 7.11 Å². The number of hydrogen-bond acceptors (Lipinski definition) is 5. The number of rotatable bonds is 5. The number of amides is 1. The second-order valence-corrected chi connectivity index (χ2v) is 5.23. The number of anilines is 1. The molecule has 1 aromatic rings. The molecule has 1 saturated heterocycles. The number of carbonyl (C=O) groups is 1. The fraction of sp³-hybridized carbons (Fsp3) is 0.692. The largest absolute Gasteiger partial charge is 0.383 e. The van der Waals surface area contributed by atoms with E-state index < -0.39 is 6.04 Å². The number of nitrogens with one attached hydrogen (secondary N) is 1. The van der Waals surface area contributed by atoms with Crippen LogP contribution in [0.15, 0.2) is 12.4 Å². The lowest BCUT2D eigenvalue weighted by Gasteiger charge is -2.34. The van der Waals surface area contributed by atoms with Crippen molar-refractivity contribution in [2.75, 3.05) is 31.7 Å². The Morgan fingerprint density at radius 1 is 1.59 bits per heavy atom.